The molecule has 0 aromatic carbocycles. The summed E-state index contributed by atoms with van der Waals surface area (Å²) in [6.45, 7) is 12.8. The maximum Gasteiger partial charge on any atom is 0.413 e. The molecule has 2 aromatic heterocycles. The molecule has 2 aromatic rings. The van der Waals surface area contributed by atoms with Crippen molar-refractivity contribution in [2.45, 2.75) is 115 Å². The number of amides is 4. The van der Waals surface area contributed by atoms with Crippen molar-refractivity contribution in [1.29, 1.82) is 0 Å². The molecule has 0 spiro atoms. The highest BCUT2D eigenvalue weighted by Crippen LogP contribution is 2.40. The van der Waals surface area contributed by atoms with E-state index in [0.29, 0.717) is 6.54 Å². The van der Waals surface area contributed by atoms with Crippen LogP contribution in [0.2, 0.25) is 0 Å². The minimum absolute atomic E-state index is 0.0101. The van der Waals surface area contributed by atoms with Gasteiger partial charge in [-0.15, -0.1) is 11.3 Å². The monoisotopic (exact) mass is 732 g/mol. The number of nitrogens with one attached hydrogen (secondary N) is 4. The van der Waals surface area contributed by atoms with Crippen molar-refractivity contribution in [3.63, 3.8) is 0 Å². The zero-order valence-electron chi connectivity index (χ0n) is 29.3. The Bertz CT molecular complexity index is 1670. The topological polar surface area (TPSA) is 241 Å². The van der Waals surface area contributed by atoms with Crippen molar-refractivity contribution >= 4 is 52.2 Å². The SMILES string of the molecule is CC(C)(C)OC(=O)Nc1nc(/C(=N/OC2(C(=O)O)CC2)C(=O)N[C@@H]2C(=O)N[C@@H]2Cn2ncc(CN3CCC(NC(=O)OC(C)(C)C)CC3)n2)cs1. The van der Waals surface area contributed by atoms with Crippen LogP contribution in [0.1, 0.15) is 78.6 Å². The molecule has 5 rings (SSSR count). The lowest BCUT2D eigenvalue weighted by Gasteiger charge is -2.36. The number of likely N-dealkylation sites (tertiary alicyclic amines) is 1. The highest BCUT2D eigenvalue weighted by atomic mass is 32.1. The molecule has 0 unspecified atom stereocenters. The second-order valence-electron chi connectivity index (χ2n) is 14.6. The van der Waals surface area contributed by atoms with Gasteiger partial charge in [0.2, 0.25) is 11.5 Å². The Kier molecular flexibility index (Phi) is 10.8. The molecule has 278 valence electrons. The molecule has 2 aliphatic heterocycles. The minimum atomic E-state index is -1.55. The highest BCUT2D eigenvalue weighted by molar-refractivity contribution is 7.14. The highest BCUT2D eigenvalue weighted by Gasteiger charge is 2.55. The van der Waals surface area contributed by atoms with Crippen LogP contribution >= 0.6 is 11.3 Å². The van der Waals surface area contributed by atoms with Crippen LogP contribution in [0.3, 0.4) is 0 Å². The van der Waals surface area contributed by atoms with Crippen molar-refractivity contribution in [3.05, 3.63) is 23.0 Å². The minimum Gasteiger partial charge on any atom is -0.478 e. The number of nitrogens with zero attached hydrogens (tertiary/aromatic N) is 6. The predicted molar refractivity (Wildman–Crippen MR) is 181 cm³/mol. The van der Waals surface area contributed by atoms with Gasteiger partial charge in [-0.2, -0.15) is 15.0 Å². The molecule has 3 fully saturated rings. The molecule has 20 heteroatoms. The van der Waals surface area contributed by atoms with Gasteiger partial charge in [0, 0.05) is 43.9 Å². The van der Waals surface area contributed by atoms with Gasteiger partial charge in [-0.1, -0.05) is 5.16 Å². The van der Waals surface area contributed by atoms with E-state index in [1.807, 2.05) is 20.8 Å². The van der Waals surface area contributed by atoms with Gasteiger partial charge in [-0.3, -0.25) is 19.8 Å². The number of ether oxygens (including phenoxy) is 2. The fourth-order valence-electron chi connectivity index (χ4n) is 5.20. The van der Waals surface area contributed by atoms with Crippen molar-refractivity contribution in [2.24, 2.45) is 5.16 Å². The van der Waals surface area contributed by atoms with Crippen LogP contribution in [-0.4, -0.2) is 114 Å². The van der Waals surface area contributed by atoms with Gasteiger partial charge >= 0.3 is 18.2 Å². The van der Waals surface area contributed by atoms with E-state index in [4.69, 9.17) is 14.3 Å². The molecule has 5 N–H and O–H groups in total. The number of carbonyl (C=O) groups excluding carboxylic acids is 4. The van der Waals surface area contributed by atoms with Gasteiger partial charge in [0.1, 0.15) is 22.9 Å². The van der Waals surface area contributed by atoms with Crippen LogP contribution in [0.5, 0.6) is 0 Å². The Morgan fingerprint density at radius 3 is 2.33 bits per heavy atom. The van der Waals surface area contributed by atoms with Crippen LogP contribution in [0.4, 0.5) is 14.7 Å². The summed E-state index contributed by atoms with van der Waals surface area (Å²) in [7, 11) is 0. The van der Waals surface area contributed by atoms with Gasteiger partial charge in [0.25, 0.3) is 5.91 Å². The van der Waals surface area contributed by atoms with Gasteiger partial charge in [0.05, 0.1) is 24.5 Å². The van der Waals surface area contributed by atoms with E-state index in [0.717, 1.165) is 43.0 Å². The molecule has 4 heterocycles. The molecular weight excluding hydrogens is 688 g/mol. The normalized spacial score (nSPS) is 20.7. The first-order valence-corrected chi connectivity index (χ1v) is 17.4. The molecule has 3 aliphatic rings. The number of thiazole rings is 1. The third kappa shape index (κ3) is 10.3. The van der Waals surface area contributed by atoms with Crippen LogP contribution in [0.25, 0.3) is 0 Å². The first-order chi connectivity index (χ1) is 23.9. The summed E-state index contributed by atoms with van der Waals surface area (Å²) >= 11 is 0.985. The summed E-state index contributed by atoms with van der Waals surface area (Å²) in [5, 5.41) is 34.6. The van der Waals surface area contributed by atoms with E-state index >= 15 is 0 Å². The van der Waals surface area contributed by atoms with E-state index in [-0.39, 0.29) is 42.0 Å². The van der Waals surface area contributed by atoms with Crippen LogP contribution in [0, 0.1) is 0 Å². The van der Waals surface area contributed by atoms with Crippen molar-refractivity contribution < 1.29 is 43.4 Å². The zero-order chi connectivity index (χ0) is 37.1. The maximum absolute atomic E-state index is 13.5. The molecular formula is C31H44N10O9S. The fourth-order valence-corrected chi connectivity index (χ4v) is 5.88. The summed E-state index contributed by atoms with van der Waals surface area (Å²) in [6, 6.07) is -1.52. The van der Waals surface area contributed by atoms with Gasteiger partial charge in [-0.05, 0) is 54.4 Å². The van der Waals surface area contributed by atoms with Crippen molar-refractivity contribution in [1.82, 2.24) is 40.8 Å². The lowest BCUT2D eigenvalue weighted by Crippen LogP contribution is -2.70. The molecule has 0 radical (unpaired) electrons. The third-order valence-electron chi connectivity index (χ3n) is 7.91. The number of rotatable bonds is 12. The van der Waals surface area contributed by atoms with Gasteiger partial charge in [0.15, 0.2) is 10.8 Å². The van der Waals surface area contributed by atoms with E-state index in [2.05, 4.69) is 46.5 Å². The van der Waals surface area contributed by atoms with Crippen LogP contribution in [-0.2, 0) is 41.8 Å². The second kappa shape index (κ2) is 14.8. The average Bonchev–Trinajstić information content (AvgIpc) is 3.47. The Balaban J connectivity index is 1.17. The van der Waals surface area contributed by atoms with E-state index < -0.39 is 58.9 Å². The number of piperidine rings is 1. The number of β-lactam (4-membered cyclic amide) rings is 1. The number of aliphatic carboxylic acids is 1. The number of aromatic nitrogens is 4. The first-order valence-electron chi connectivity index (χ1n) is 16.6. The quantitative estimate of drug-likeness (QED) is 0.119. The standard InChI is InChI=1S/C31H44N10O9S/c1-29(2,3)48-27(46)33-17-7-11-40(12-8-17)14-18-13-32-41(38-18)15-19-21(23(42)34-19)36-24(43)22(39-50-31(9-10-31)25(44)45)20-16-51-26(35-20)37-28(47)49-30(4,5)6/h13,16-17,19,21H,7-12,14-15H2,1-6H3,(H,33,46)(H,34,42)(H,36,43)(H,44,45)(H,35,37,47)/b39-22-/t19-,21+/m1/s1. The summed E-state index contributed by atoms with van der Waals surface area (Å²) in [6.07, 6.45) is 2.40. The number of anilines is 1. The lowest BCUT2D eigenvalue weighted by molar-refractivity contribution is -0.153. The van der Waals surface area contributed by atoms with E-state index in [9.17, 15) is 29.1 Å². The Labute approximate surface area is 297 Å². The predicted octanol–water partition coefficient (Wildman–Crippen LogP) is 1.59. The van der Waals surface area contributed by atoms with Crippen molar-refractivity contribution in [2.75, 3.05) is 18.4 Å². The Morgan fingerprint density at radius 1 is 1.06 bits per heavy atom. The molecule has 2 saturated heterocycles. The molecule has 1 aliphatic carbocycles. The number of oxime groups is 1. The molecule has 51 heavy (non-hydrogen) atoms. The Hall–Kier alpha value is -4.85. The number of alkyl carbamates (subject to hydrolysis) is 1. The molecule has 2 atom stereocenters. The zero-order valence-corrected chi connectivity index (χ0v) is 30.2. The average molecular weight is 733 g/mol. The van der Waals surface area contributed by atoms with Gasteiger partial charge in [-0.25, -0.2) is 19.4 Å². The first kappa shape index (κ1) is 37.4. The summed E-state index contributed by atoms with van der Waals surface area (Å²) in [5.41, 5.74) is -2.53. The summed E-state index contributed by atoms with van der Waals surface area (Å²) in [5.74, 6) is -2.51. The van der Waals surface area contributed by atoms with Crippen molar-refractivity contribution in [3.8, 4) is 0 Å². The van der Waals surface area contributed by atoms with Crippen LogP contribution in [0.15, 0.2) is 16.7 Å². The number of carboxylic acids is 1. The second-order valence-corrected chi connectivity index (χ2v) is 15.5. The third-order valence-corrected chi connectivity index (χ3v) is 8.67. The van der Waals surface area contributed by atoms with E-state index in [1.54, 1.807) is 27.0 Å². The maximum atomic E-state index is 13.5. The largest absolute Gasteiger partial charge is 0.478 e. The molecule has 19 nitrogen and oxygen atoms in total. The fraction of sp³-hybridized carbons (Fsp3) is 0.645. The van der Waals surface area contributed by atoms with Gasteiger partial charge < -0.3 is 35.4 Å². The smallest absolute Gasteiger partial charge is 0.413 e. The molecule has 0 bridgehead atoms. The summed E-state index contributed by atoms with van der Waals surface area (Å²) < 4.78 is 10.6. The molecule has 4 amide bonds. The lowest BCUT2D eigenvalue weighted by atomic mass is 9.98. The number of carboxylic acid groups (broad SMARTS) is 1. The number of hydrogen-bond acceptors (Lipinski definition) is 14. The number of carbonyl (C=O) groups is 5. The van der Waals surface area contributed by atoms with Crippen LogP contribution < -0.4 is 21.3 Å². The number of hydrogen-bond donors (Lipinski definition) is 5. The summed E-state index contributed by atoms with van der Waals surface area (Å²) in [4.78, 5) is 75.3. The van der Waals surface area contributed by atoms with E-state index in [1.165, 1.54) is 10.2 Å². The molecule has 1 saturated carbocycles. The Morgan fingerprint density at radius 2 is 1.73 bits per heavy atom.